The molecular formula is C16H24F2O3. The fraction of sp³-hybridized carbons (Fsp3) is 0.625. The summed E-state index contributed by atoms with van der Waals surface area (Å²) in [5.41, 5.74) is 0.663. The van der Waals surface area contributed by atoms with Gasteiger partial charge in [0.2, 0.25) is 0 Å². The Morgan fingerprint density at radius 1 is 1.10 bits per heavy atom. The number of hydrogen-bond acceptors (Lipinski definition) is 3. The Balaban J connectivity index is 2.71. The summed E-state index contributed by atoms with van der Waals surface area (Å²) in [7, 11) is 0. The van der Waals surface area contributed by atoms with Crippen LogP contribution in [-0.4, -0.2) is 18.3 Å². The van der Waals surface area contributed by atoms with Gasteiger partial charge in [0, 0.05) is 0 Å². The number of halogens is 2. The van der Waals surface area contributed by atoms with E-state index in [2.05, 4.69) is 11.7 Å². The van der Waals surface area contributed by atoms with Crippen molar-refractivity contribution in [3.63, 3.8) is 0 Å². The van der Waals surface area contributed by atoms with Crippen LogP contribution in [0.25, 0.3) is 0 Å². The molecule has 0 spiro atoms. The highest BCUT2D eigenvalue weighted by Crippen LogP contribution is 2.33. The van der Waals surface area contributed by atoms with Crippen molar-refractivity contribution in [2.24, 2.45) is 0 Å². The van der Waals surface area contributed by atoms with Crippen LogP contribution in [0.3, 0.4) is 0 Å². The van der Waals surface area contributed by atoms with E-state index >= 15 is 0 Å². The van der Waals surface area contributed by atoms with Crippen LogP contribution in [-0.2, 0) is 0 Å². The number of ether oxygens (including phenoxy) is 2. The number of unbranched alkanes of at least 4 members (excludes halogenated alkanes) is 3. The maximum absolute atomic E-state index is 12.3. The molecule has 0 amide bonds. The molecule has 0 fully saturated rings. The third-order valence-corrected chi connectivity index (χ3v) is 3.20. The first kappa shape index (κ1) is 17.7. The molecule has 0 saturated carbocycles. The summed E-state index contributed by atoms with van der Waals surface area (Å²) in [6.45, 7) is 1.34. The molecule has 0 aliphatic rings. The zero-order chi connectivity index (χ0) is 15.7. The van der Waals surface area contributed by atoms with Gasteiger partial charge in [0.05, 0.1) is 12.7 Å². The van der Waals surface area contributed by atoms with E-state index in [-0.39, 0.29) is 11.5 Å². The number of benzene rings is 1. The first-order valence-electron chi connectivity index (χ1n) is 7.48. The minimum Gasteiger partial charge on any atom is -0.490 e. The topological polar surface area (TPSA) is 38.7 Å². The highest BCUT2D eigenvalue weighted by molar-refractivity contribution is 5.43. The molecule has 0 bridgehead atoms. The fourth-order valence-electron chi connectivity index (χ4n) is 2.12. The SMILES string of the molecule is CCCCCCC(O)c1ccc(OC(F)F)c(OCC)c1. The highest BCUT2D eigenvalue weighted by atomic mass is 19.3. The zero-order valence-corrected chi connectivity index (χ0v) is 12.6. The Morgan fingerprint density at radius 3 is 2.48 bits per heavy atom. The average molecular weight is 302 g/mol. The van der Waals surface area contributed by atoms with Crippen molar-refractivity contribution in [2.75, 3.05) is 6.61 Å². The van der Waals surface area contributed by atoms with Crippen LogP contribution in [0.1, 0.15) is 57.6 Å². The summed E-state index contributed by atoms with van der Waals surface area (Å²) in [6.07, 6.45) is 4.36. The molecule has 5 heteroatoms. The van der Waals surface area contributed by atoms with Gasteiger partial charge in [-0.25, -0.2) is 0 Å². The van der Waals surface area contributed by atoms with E-state index in [4.69, 9.17) is 4.74 Å². The van der Waals surface area contributed by atoms with E-state index in [1.165, 1.54) is 6.07 Å². The Bertz CT molecular complexity index is 411. The molecule has 1 aromatic carbocycles. The zero-order valence-electron chi connectivity index (χ0n) is 12.6. The van der Waals surface area contributed by atoms with Crippen molar-refractivity contribution in [1.29, 1.82) is 0 Å². The van der Waals surface area contributed by atoms with Crippen molar-refractivity contribution < 1.29 is 23.4 Å². The van der Waals surface area contributed by atoms with E-state index in [1.54, 1.807) is 19.1 Å². The molecule has 0 aliphatic carbocycles. The monoisotopic (exact) mass is 302 g/mol. The minimum absolute atomic E-state index is 0.00576. The van der Waals surface area contributed by atoms with Crippen LogP contribution in [0.5, 0.6) is 11.5 Å². The van der Waals surface area contributed by atoms with Gasteiger partial charge in [-0.1, -0.05) is 38.7 Å². The molecular weight excluding hydrogens is 278 g/mol. The molecule has 1 N–H and O–H groups in total. The second-order valence-electron chi connectivity index (χ2n) is 4.88. The summed E-state index contributed by atoms with van der Waals surface area (Å²) in [4.78, 5) is 0. The second-order valence-corrected chi connectivity index (χ2v) is 4.88. The van der Waals surface area contributed by atoms with Crippen molar-refractivity contribution in [1.82, 2.24) is 0 Å². The third kappa shape index (κ3) is 6.29. The summed E-state index contributed by atoms with van der Waals surface area (Å²) in [5, 5.41) is 10.1. The lowest BCUT2D eigenvalue weighted by molar-refractivity contribution is -0.0514. The summed E-state index contributed by atoms with van der Waals surface area (Å²) >= 11 is 0. The van der Waals surface area contributed by atoms with Crippen molar-refractivity contribution in [2.45, 2.75) is 58.7 Å². The molecule has 1 aromatic rings. The molecule has 1 rings (SSSR count). The number of aliphatic hydroxyl groups excluding tert-OH is 1. The quantitative estimate of drug-likeness (QED) is 0.637. The van der Waals surface area contributed by atoms with Crippen LogP contribution in [0.4, 0.5) is 8.78 Å². The minimum atomic E-state index is -2.89. The van der Waals surface area contributed by atoms with Crippen LogP contribution in [0, 0.1) is 0 Å². The van der Waals surface area contributed by atoms with E-state index in [0.717, 1.165) is 25.7 Å². The molecule has 1 atom stereocenters. The van der Waals surface area contributed by atoms with Crippen LogP contribution in [0.15, 0.2) is 18.2 Å². The summed E-state index contributed by atoms with van der Waals surface area (Å²) < 4.78 is 34.3. The molecule has 0 radical (unpaired) electrons. The molecule has 0 aromatic heterocycles. The molecule has 0 aliphatic heterocycles. The lowest BCUT2D eigenvalue weighted by Crippen LogP contribution is -2.06. The molecule has 3 nitrogen and oxygen atoms in total. The van der Waals surface area contributed by atoms with Crippen molar-refractivity contribution >= 4 is 0 Å². The average Bonchev–Trinajstić information content (AvgIpc) is 2.45. The Kier molecular flexibility index (Phi) is 8.05. The van der Waals surface area contributed by atoms with E-state index in [1.807, 2.05) is 0 Å². The second kappa shape index (κ2) is 9.55. The van der Waals surface area contributed by atoms with Gasteiger partial charge in [0.25, 0.3) is 0 Å². The van der Waals surface area contributed by atoms with Gasteiger partial charge < -0.3 is 14.6 Å². The maximum Gasteiger partial charge on any atom is 0.387 e. The van der Waals surface area contributed by atoms with Gasteiger partial charge in [0.1, 0.15) is 0 Å². The van der Waals surface area contributed by atoms with Gasteiger partial charge in [-0.2, -0.15) is 8.78 Å². The van der Waals surface area contributed by atoms with Gasteiger partial charge in [-0.3, -0.25) is 0 Å². The van der Waals surface area contributed by atoms with E-state index < -0.39 is 12.7 Å². The molecule has 120 valence electrons. The summed E-state index contributed by atoms with van der Waals surface area (Å²) in [6, 6.07) is 4.60. The van der Waals surface area contributed by atoms with E-state index in [9.17, 15) is 13.9 Å². The molecule has 0 saturated heterocycles. The van der Waals surface area contributed by atoms with Gasteiger partial charge in [0.15, 0.2) is 11.5 Å². The van der Waals surface area contributed by atoms with Crippen LogP contribution < -0.4 is 9.47 Å². The van der Waals surface area contributed by atoms with Crippen molar-refractivity contribution in [3.05, 3.63) is 23.8 Å². The molecule has 1 unspecified atom stereocenters. The predicted molar refractivity (Wildman–Crippen MR) is 78.0 cm³/mol. The number of aliphatic hydroxyl groups is 1. The van der Waals surface area contributed by atoms with Crippen molar-refractivity contribution in [3.8, 4) is 11.5 Å². The van der Waals surface area contributed by atoms with Gasteiger partial charge >= 0.3 is 6.61 Å². The Hall–Kier alpha value is -1.36. The van der Waals surface area contributed by atoms with Crippen LogP contribution >= 0.6 is 0 Å². The molecule has 0 heterocycles. The standard InChI is InChI=1S/C16H24F2O3/c1-3-5-6-7-8-13(19)12-9-10-14(21-16(17)18)15(11-12)20-4-2/h9-11,13,16,19H,3-8H2,1-2H3. The fourth-order valence-corrected chi connectivity index (χ4v) is 2.12. The first-order chi connectivity index (χ1) is 10.1. The van der Waals surface area contributed by atoms with Gasteiger partial charge in [-0.05, 0) is 31.0 Å². The smallest absolute Gasteiger partial charge is 0.387 e. The van der Waals surface area contributed by atoms with Crippen LogP contribution in [0.2, 0.25) is 0 Å². The Labute approximate surface area is 124 Å². The number of rotatable bonds is 10. The Morgan fingerprint density at radius 2 is 1.86 bits per heavy atom. The van der Waals surface area contributed by atoms with Gasteiger partial charge in [-0.15, -0.1) is 0 Å². The molecule has 21 heavy (non-hydrogen) atoms. The highest BCUT2D eigenvalue weighted by Gasteiger charge is 2.14. The predicted octanol–water partition coefficient (Wildman–Crippen LogP) is 4.69. The van der Waals surface area contributed by atoms with E-state index in [0.29, 0.717) is 18.6 Å². The largest absolute Gasteiger partial charge is 0.490 e. The first-order valence-corrected chi connectivity index (χ1v) is 7.48. The number of alkyl halides is 2. The lowest BCUT2D eigenvalue weighted by atomic mass is 10.0. The third-order valence-electron chi connectivity index (χ3n) is 3.20. The maximum atomic E-state index is 12.3. The lowest BCUT2D eigenvalue weighted by Gasteiger charge is -2.15. The summed E-state index contributed by atoms with van der Waals surface area (Å²) in [5.74, 6) is 0.233. The normalized spacial score (nSPS) is 12.5. The number of hydrogen-bond donors (Lipinski definition) is 1.